The van der Waals surface area contributed by atoms with Crippen molar-refractivity contribution in [3.8, 4) is 16.9 Å². The molecule has 37 heavy (non-hydrogen) atoms. The van der Waals surface area contributed by atoms with Crippen molar-refractivity contribution in [1.82, 2.24) is 19.9 Å². The van der Waals surface area contributed by atoms with Crippen molar-refractivity contribution < 1.29 is 18.7 Å². The van der Waals surface area contributed by atoms with Crippen LogP contribution in [0.1, 0.15) is 39.4 Å². The fourth-order valence-electron chi connectivity index (χ4n) is 3.87. The van der Waals surface area contributed by atoms with Crippen molar-refractivity contribution in [1.29, 1.82) is 0 Å². The number of halogens is 3. The highest BCUT2D eigenvalue weighted by Crippen LogP contribution is 2.35. The lowest BCUT2D eigenvalue weighted by Crippen LogP contribution is -2.50. The van der Waals surface area contributed by atoms with E-state index in [-0.39, 0.29) is 11.1 Å². The van der Waals surface area contributed by atoms with E-state index < -0.39 is 17.5 Å². The van der Waals surface area contributed by atoms with E-state index in [0.717, 1.165) is 11.1 Å². The zero-order valence-corrected chi connectivity index (χ0v) is 22.6. The van der Waals surface area contributed by atoms with E-state index in [4.69, 9.17) is 32.7 Å². The second-order valence-electron chi connectivity index (χ2n) is 9.65. The molecule has 2 aromatic heterocycles. The standard InChI is InChI=1S/C26H28Cl2FN5O3/c1-16(22-20(27)5-6-21(29)23(22)28)36-19-11-17(12-30-15-19)18-13-31-24(32-14-18)33-7-9-34(10-8-33)25(35)37-26(2,3)4/h5-6,11-16H,7-10H2,1-4H3/t16-/m1/s1. The first-order valence-electron chi connectivity index (χ1n) is 11.8. The van der Waals surface area contributed by atoms with Crippen LogP contribution in [0.25, 0.3) is 11.1 Å². The van der Waals surface area contributed by atoms with Crippen molar-refractivity contribution >= 4 is 35.2 Å². The van der Waals surface area contributed by atoms with Crippen LogP contribution in [0.5, 0.6) is 5.75 Å². The Morgan fingerprint density at radius 2 is 1.70 bits per heavy atom. The molecule has 0 N–H and O–H groups in total. The highest BCUT2D eigenvalue weighted by molar-refractivity contribution is 6.36. The molecular weight excluding hydrogens is 520 g/mol. The molecule has 8 nitrogen and oxygen atoms in total. The van der Waals surface area contributed by atoms with E-state index in [1.165, 1.54) is 12.1 Å². The molecule has 3 heterocycles. The summed E-state index contributed by atoms with van der Waals surface area (Å²) in [5, 5.41) is 0.249. The van der Waals surface area contributed by atoms with Gasteiger partial charge in [0.1, 0.15) is 23.3 Å². The third kappa shape index (κ3) is 6.59. The molecule has 0 spiro atoms. The summed E-state index contributed by atoms with van der Waals surface area (Å²) in [4.78, 5) is 29.3. The van der Waals surface area contributed by atoms with Crippen molar-refractivity contribution in [3.63, 3.8) is 0 Å². The Morgan fingerprint density at radius 3 is 2.35 bits per heavy atom. The van der Waals surface area contributed by atoms with Crippen molar-refractivity contribution in [2.45, 2.75) is 39.4 Å². The number of pyridine rings is 1. The first-order chi connectivity index (χ1) is 17.5. The summed E-state index contributed by atoms with van der Waals surface area (Å²) < 4.78 is 25.3. The van der Waals surface area contributed by atoms with Gasteiger partial charge in [0.05, 0.1) is 11.2 Å². The third-order valence-electron chi connectivity index (χ3n) is 5.70. The minimum Gasteiger partial charge on any atom is -0.484 e. The molecule has 4 rings (SSSR count). The summed E-state index contributed by atoms with van der Waals surface area (Å²) in [6.07, 6.45) is 5.75. The van der Waals surface area contributed by atoms with E-state index in [2.05, 4.69) is 15.0 Å². The van der Waals surface area contributed by atoms with E-state index in [1.54, 1.807) is 42.7 Å². The number of hydrogen-bond donors (Lipinski definition) is 0. The molecule has 1 fully saturated rings. The molecule has 0 unspecified atom stereocenters. The van der Waals surface area contributed by atoms with Gasteiger partial charge in [0.15, 0.2) is 0 Å². The van der Waals surface area contributed by atoms with Crippen LogP contribution in [0.4, 0.5) is 15.1 Å². The lowest BCUT2D eigenvalue weighted by Gasteiger charge is -2.35. The maximum absolute atomic E-state index is 13.9. The van der Waals surface area contributed by atoms with Gasteiger partial charge in [0.2, 0.25) is 5.95 Å². The predicted molar refractivity (Wildman–Crippen MR) is 141 cm³/mol. The Balaban J connectivity index is 1.40. The van der Waals surface area contributed by atoms with Crippen LogP contribution in [0.2, 0.25) is 10.0 Å². The molecular formula is C26H28Cl2FN5O3. The van der Waals surface area contributed by atoms with Gasteiger partial charge in [-0.1, -0.05) is 23.2 Å². The highest BCUT2D eigenvalue weighted by atomic mass is 35.5. The fraction of sp³-hybridized carbons (Fsp3) is 0.385. The maximum Gasteiger partial charge on any atom is 0.410 e. The number of amides is 1. The van der Waals surface area contributed by atoms with Gasteiger partial charge in [-0.3, -0.25) is 4.98 Å². The van der Waals surface area contributed by atoms with Gasteiger partial charge in [-0.2, -0.15) is 0 Å². The number of hydrogen-bond acceptors (Lipinski definition) is 7. The first kappa shape index (κ1) is 26.9. The molecule has 0 aliphatic carbocycles. The summed E-state index contributed by atoms with van der Waals surface area (Å²) in [5.74, 6) is 0.479. The third-order valence-corrected chi connectivity index (χ3v) is 6.41. The normalized spacial score (nSPS) is 14.9. The Labute approximate surface area is 225 Å². The van der Waals surface area contributed by atoms with Crippen LogP contribution >= 0.6 is 23.2 Å². The van der Waals surface area contributed by atoms with Crippen LogP contribution in [0, 0.1) is 5.82 Å². The number of rotatable bonds is 5. The smallest absolute Gasteiger partial charge is 0.410 e. The number of benzene rings is 1. The summed E-state index contributed by atoms with van der Waals surface area (Å²) in [6, 6.07) is 4.46. The number of nitrogens with zero attached hydrogens (tertiary/aromatic N) is 5. The second kappa shape index (κ2) is 11.1. The van der Waals surface area contributed by atoms with Gasteiger partial charge < -0.3 is 19.3 Å². The quantitative estimate of drug-likeness (QED) is 0.352. The fourth-order valence-corrected chi connectivity index (χ4v) is 4.55. The molecule has 0 radical (unpaired) electrons. The van der Waals surface area contributed by atoms with Gasteiger partial charge in [0, 0.05) is 66.5 Å². The zero-order chi connectivity index (χ0) is 26.7. The Hall–Kier alpha value is -3.17. The van der Waals surface area contributed by atoms with Crippen molar-refractivity contribution in [3.05, 3.63) is 64.4 Å². The maximum atomic E-state index is 13.9. The lowest BCUT2D eigenvalue weighted by molar-refractivity contribution is 0.0240. The molecule has 1 aliphatic heterocycles. The topological polar surface area (TPSA) is 80.7 Å². The summed E-state index contributed by atoms with van der Waals surface area (Å²) >= 11 is 12.3. The summed E-state index contributed by atoms with van der Waals surface area (Å²) in [7, 11) is 0. The van der Waals surface area contributed by atoms with Crippen LogP contribution in [-0.4, -0.2) is 57.7 Å². The molecule has 1 saturated heterocycles. The number of carbonyl (C=O) groups excluding carboxylic acids is 1. The Morgan fingerprint density at radius 1 is 1.03 bits per heavy atom. The molecule has 0 saturated carbocycles. The molecule has 0 bridgehead atoms. The molecule has 1 amide bonds. The van der Waals surface area contributed by atoms with Crippen LogP contribution in [0.15, 0.2) is 43.0 Å². The molecule has 11 heteroatoms. The van der Waals surface area contributed by atoms with Gasteiger partial charge in [-0.05, 0) is 45.9 Å². The molecule has 3 aromatic rings. The van der Waals surface area contributed by atoms with Gasteiger partial charge >= 0.3 is 6.09 Å². The number of carbonyl (C=O) groups is 1. The lowest BCUT2D eigenvalue weighted by atomic mass is 10.1. The van der Waals surface area contributed by atoms with E-state index in [1.807, 2.05) is 25.7 Å². The number of aromatic nitrogens is 3. The summed E-state index contributed by atoms with van der Waals surface area (Å²) in [6.45, 7) is 9.55. The predicted octanol–water partition coefficient (Wildman–Crippen LogP) is 6.18. The van der Waals surface area contributed by atoms with Gasteiger partial charge in [0.25, 0.3) is 0 Å². The van der Waals surface area contributed by atoms with Gasteiger partial charge in [-0.25, -0.2) is 19.2 Å². The largest absolute Gasteiger partial charge is 0.484 e. The van der Waals surface area contributed by atoms with E-state index in [0.29, 0.717) is 48.5 Å². The van der Waals surface area contributed by atoms with E-state index >= 15 is 0 Å². The first-order valence-corrected chi connectivity index (χ1v) is 12.6. The van der Waals surface area contributed by atoms with Crippen molar-refractivity contribution in [2.75, 3.05) is 31.1 Å². The van der Waals surface area contributed by atoms with Gasteiger partial charge in [-0.15, -0.1) is 0 Å². The number of anilines is 1. The Bertz CT molecular complexity index is 1260. The minimum absolute atomic E-state index is 0.0694. The van der Waals surface area contributed by atoms with Crippen LogP contribution < -0.4 is 9.64 Å². The number of ether oxygens (including phenoxy) is 2. The average molecular weight is 548 g/mol. The average Bonchev–Trinajstić information content (AvgIpc) is 2.86. The molecule has 1 aromatic carbocycles. The van der Waals surface area contributed by atoms with Crippen LogP contribution in [-0.2, 0) is 4.74 Å². The molecule has 1 atom stereocenters. The number of piperazine rings is 1. The molecule has 1 aliphatic rings. The van der Waals surface area contributed by atoms with Crippen LogP contribution in [0.3, 0.4) is 0 Å². The monoisotopic (exact) mass is 547 g/mol. The second-order valence-corrected chi connectivity index (χ2v) is 10.4. The zero-order valence-electron chi connectivity index (χ0n) is 21.0. The summed E-state index contributed by atoms with van der Waals surface area (Å²) in [5.41, 5.74) is 1.35. The Kier molecular flexibility index (Phi) is 8.04. The van der Waals surface area contributed by atoms with E-state index in [9.17, 15) is 9.18 Å². The highest BCUT2D eigenvalue weighted by Gasteiger charge is 2.27. The molecule has 196 valence electrons. The SMILES string of the molecule is C[C@@H](Oc1cncc(-c2cnc(N3CCN(C(=O)OC(C)(C)C)CC3)nc2)c1)c1c(Cl)ccc(F)c1Cl. The van der Waals surface area contributed by atoms with Crippen molar-refractivity contribution in [2.24, 2.45) is 0 Å². The minimum atomic E-state index is -0.606.